The minimum atomic E-state index is 0.736. The van der Waals surface area contributed by atoms with Crippen molar-refractivity contribution in [1.29, 1.82) is 0 Å². The highest BCUT2D eigenvalue weighted by molar-refractivity contribution is 4.92. The molecule has 1 heteroatoms. The van der Waals surface area contributed by atoms with Crippen molar-refractivity contribution in [3.63, 3.8) is 0 Å². The molecule has 70 valence electrons. The van der Waals surface area contributed by atoms with Crippen molar-refractivity contribution in [2.24, 2.45) is 11.3 Å². The van der Waals surface area contributed by atoms with Crippen molar-refractivity contribution in [3.05, 3.63) is 0 Å². The quantitative estimate of drug-likeness (QED) is 0.678. The number of rotatable bonds is 4. The highest BCUT2D eigenvalue weighted by atomic mass is 14.8. The Hall–Kier alpha value is -0.0400. The van der Waals surface area contributed by atoms with Gasteiger partial charge < -0.3 is 5.32 Å². The molecule has 0 aromatic carbocycles. The fraction of sp³-hybridized carbons (Fsp3) is 1.00. The second kappa shape index (κ2) is 3.37. The van der Waals surface area contributed by atoms with Crippen molar-refractivity contribution < 1.29 is 0 Å². The summed E-state index contributed by atoms with van der Waals surface area (Å²) < 4.78 is 0. The molecule has 0 bridgehead atoms. The van der Waals surface area contributed by atoms with Crippen LogP contribution < -0.4 is 5.32 Å². The first kappa shape index (κ1) is 8.55. The molecule has 12 heavy (non-hydrogen) atoms. The van der Waals surface area contributed by atoms with Crippen LogP contribution in [0.15, 0.2) is 0 Å². The number of nitrogens with one attached hydrogen (secondary N) is 1. The molecule has 0 amide bonds. The Morgan fingerprint density at radius 3 is 2.33 bits per heavy atom. The summed E-state index contributed by atoms with van der Waals surface area (Å²) in [6.07, 6.45) is 10.5. The molecule has 0 saturated heterocycles. The van der Waals surface area contributed by atoms with Crippen molar-refractivity contribution in [2.45, 2.75) is 44.9 Å². The molecule has 0 heterocycles. The number of hydrogen-bond acceptors (Lipinski definition) is 1. The highest BCUT2D eigenvalue weighted by Gasteiger charge is 2.39. The maximum atomic E-state index is 3.36. The lowest BCUT2D eigenvalue weighted by Gasteiger charge is -2.46. The average Bonchev–Trinajstić information content (AvgIpc) is 1.91. The first-order chi connectivity index (χ1) is 5.85. The van der Waals surface area contributed by atoms with E-state index in [1.807, 2.05) is 0 Å². The second-order valence-corrected chi connectivity index (χ2v) is 4.88. The highest BCUT2D eigenvalue weighted by Crippen LogP contribution is 2.48. The fourth-order valence-corrected chi connectivity index (χ4v) is 2.81. The van der Waals surface area contributed by atoms with Gasteiger partial charge in [-0.1, -0.05) is 25.7 Å². The molecule has 1 nitrogen and oxygen atoms in total. The maximum absolute atomic E-state index is 3.36. The Morgan fingerprint density at radius 1 is 1.25 bits per heavy atom. The molecule has 1 N–H and O–H groups in total. The third-order valence-corrected chi connectivity index (χ3v) is 3.91. The minimum Gasteiger partial charge on any atom is -0.319 e. The summed E-state index contributed by atoms with van der Waals surface area (Å²) in [7, 11) is 2.10. The van der Waals surface area contributed by atoms with Crippen molar-refractivity contribution in [2.75, 3.05) is 13.6 Å². The van der Waals surface area contributed by atoms with Gasteiger partial charge in [0.2, 0.25) is 0 Å². The maximum Gasteiger partial charge on any atom is 0.000490 e. The second-order valence-electron chi connectivity index (χ2n) is 4.88. The lowest BCUT2D eigenvalue weighted by atomic mass is 9.61. The van der Waals surface area contributed by atoms with Gasteiger partial charge in [0.1, 0.15) is 0 Å². The summed E-state index contributed by atoms with van der Waals surface area (Å²) >= 11 is 0. The van der Waals surface area contributed by atoms with Crippen molar-refractivity contribution in [3.8, 4) is 0 Å². The van der Waals surface area contributed by atoms with E-state index >= 15 is 0 Å². The Kier molecular flexibility index (Phi) is 2.40. The van der Waals surface area contributed by atoms with Crippen LogP contribution in [0.2, 0.25) is 0 Å². The van der Waals surface area contributed by atoms with Gasteiger partial charge in [0.25, 0.3) is 0 Å². The monoisotopic (exact) mass is 167 g/mol. The van der Waals surface area contributed by atoms with E-state index in [2.05, 4.69) is 12.4 Å². The molecule has 2 fully saturated rings. The van der Waals surface area contributed by atoms with Gasteiger partial charge in [-0.2, -0.15) is 0 Å². The largest absolute Gasteiger partial charge is 0.319 e. The van der Waals surface area contributed by atoms with E-state index in [-0.39, 0.29) is 0 Å². The molecule has 2 aliphatic carbocycles. The van der Waals surface area contributed by atoms with E-state index in [1.54, 1.807) is 0 Å². The van der Waals surface area contributed by atoms with Crippen molar-refractivity contribution >= 4 is 0 Å². The Bertz CT molecular complexity index is 145. The van der Waals surface area contributed by atoms with Crippen LogP contribution in [0.3, 0.4) is 0 Å². The average molecular weight is 167 g/mol. The minimum absolute atomic E-state index is 0.736. The zero-order valence-electron chi connectivity index (χ0n) is 8.23. The third-order valence-electron chi connectivity index (χ3n) is 3.91. The topological polar surface area (TPSA) is 12.0 Å². The van der Waals surface area contributed by atoms with Gasteiger partial charge in [-0.3, -0.25) is 0 Å². The molecular weight excluding hydrogens is 146 g/mol. The molecular formula is C11H21N. The van der Waals surface area contributed by atoms with Gasteiger partial charge in [0.05, 0.1) is 0 Å². The zero-order chi connectivity index (χ0) is 8.44. The normalized spacial score (nSPS) is 27.8. The van der Waals surface area contributed by atoms with E-state index < -0.39 is 0 Å². The van der Waals surface area contributed by atoms with Crippen LogP contribution in [0.25, 0.3) is 0 Å². The lowest BCUT2D eigenvalue weighted by molar-refractivity contribution is 0.0708. The van der Waals surface area contributed by atoms with Crippen LogP contribution in [-0.4, -0.2) is 13.6 Å². The zero-order valence-corrected chi connectivity index (χ0v) is 8.23. The van der Waals surface area contributed by atoms with Gasteiger partial charge in [0.15, 0.2) is 0 Å². The van der Waals surface area contributed by atoms with Gasteiger partial charge in [-0.15, -0.1) is 0 Å². The SMILES string of the molecule is CNCC1(CC2CCC2)CCC1. The van der Waals surface area contributed by atoms with E-state index in [9.17, 15) is 0 Å². The molecule has 0 spiro atoms. The van der Waals surface area contributed by atoms with E-state index in [0.717, 1.165) is 11.3 Å². The van der Waals surface area contributed by atoms with Crippen LogP contribution in [0.4, 0.5) is 0 Å². The van der Waals surface area contributed by atoms with E-state index in [1.165, 1.54) is 51.5 Å². The van der Waals surface area contributed by atoms with E-state index in [0.29, 0.717) is 0 Å². The molecule has 0 aliphatic heterocycles. The predicted octanol–water partition coefficient (Wildman–Crippen LogP) is 2.57. The molecule has 0 radical (unpaired) electrons. The van der Waals surface area contributed by atoms with Crippen LogP contribution in [0, 0.1) is 11.3 Å². The van der Waals surface area contributed by atoms with Gasteiger partial charge >= 0.3 is 0 Å². The third kappa shape index (κ3) is 1.52. The molecule has 2 saturated carbocycles. The summed E-state index contributed by atoms with van der Waals surface area (Å²) in [6, 6.07) is 0. The van der Waals surface area contributed by atoms with E-state index in [4.69, 9.17) is 0 Å². The molecule has 0 atom stereocenters. The fourth-order valence-electron chi connectivity index (χ4n) is 2.81. The first-order valence-electron chi connectivity index (χ1n) is 5.49. The lowest BCUT2D eigenvalue weighted by Crippen LogP contribution is -2.41. The molecule has 2 aliphatic rings. The van der Waals surface area contributed by atoms with Crippen LogP contribution in [-0.2, 0) is 0 Å². The van der Waals surface area contributed by atoms with Gasteiger partial charge in [-0.05, 0) is 37.6 Å². The smallest absolute Gasteiger partial charge is 0.000490 e. The Morgan fingerprint density at radius 2 is 2.00 bits per heavy atom. The predicted molar refractivity (Wildman–Crippen MR) is 52.2 cm³/mol. The van der Waals surface area contributed by atoms with Gasteiger partial charge in [0, 0.05) is 6.54 Å². The Labute approximate surface area is 75.9 Å². The van der Waals surface area contributed by atoms with Crippen LogP contribution >= 0.6 is 0 Å². The molecule has 0 unspecified atom stereocenters. The standard InChI is InChI=1S/C11H21N/c1-12-9-11(6-3-7-11)8-10-4-2-5-10/h10,12H,2-9H2,1H3. The number of hydrogen-bond donors (Lipinski definition) is 1. The van der Waals surface area contributed by atoms with Crippen molar-refractivity contribution in [1.82, 2.24) is 5.32 Å². The summed E-state index contributed by atoms with van der Waals surface area (Å²) in [5, 5.41) is 3.36. The first-order valence-corrected chi connectivity index (χ1v) is 5.49. The summed E-state index contributed by atoms with van der Waals surface area (Å²) in [4.78, 5) is 0. The summed E-state index contributed by atoms with van der Waals surface area (Å²) in [5.41, 5.74) is 0.736. The Balaban J connectivity index is 1.80. The molecule has 0 aromatic heterocycles. The van der Waals surface area contributed by atoms with Gasteiger partial charge in [-0.25, -0.2) is 0 Å². The molecule has 0 aromatic rings. The molecule has 2 rings (SSSR count). The summed E-state index contributed by atoms with van der Waals surface area (Å²) in [6.45, 7) is 1.27. The van der Waals surface area contributed by atoms with Crippen LogP contribution in [0.5, 0.6) is 0 Å². The summed E-state index contributed by atoms with van der Waals surface area (Å²) in [5.74, 6) is 1.10. The van der Waals surface area contributed by atoms with Crippen LogP contribution in [0.1, 0.15) is 44.9 Å².